The third-order valence-corrected chi connectivity index (χ3v) is 5.43. The summed E-state index contributed by atoms with van der Waals surface area (Å²) in [6.07, 6.45) is 7.39. The van der Waals surface area contributed by atoms with E-state index in [1.807, 2.05) is 6.26 Å². The van der Waals surface area contributed by atoms with Crippen LogP contribution in [-0.2, 0) is 14.3 Å². The lowest BCUT2D eigenvalue weighted by atomic mass is 9.96. The third-order valence-electron chi connectivity index (χ3n) is 4.78. The van der Waals surface area contributed by atoms with Crippen molar-refractivity contribution < 1.29 is 28.3 Å². The zero-order valence-electron chi connectivity index (χ0n) is 17.3. The third kappa shape index (κ3) is 7.74. The highest BCUT2D eigenvalue weighted by Gasteiger charge is 2.28. The molecular weight excluding hydrogens is 410 g/mol. The van der Waals surface area contributed by atoms with Crippen LogP contribution in [-0.4, -0.2) is 54.0 Å². The molecule has 1 aliphatic rings. The number of carbonyl (C=O) groups is 4. The van der Waals surface area contributed by atoms with Crippen molar-refractivity contribution in [3.63, 3.8) is 0 Å². The van der Waals surface area contributed by atoms with Crippen LogP contribution in [0.15, 0.2) is 22.8 Å². The van der Waals surface area contributed by atoms with Crippen molar-refractivity contribution in [2.75, 3.05) is 12.0 Å². The van der Waals surface area contributed by atoms with Gasteiger partial charge in [0, 0.05) is 6.04 Å². The van der Waals surface area contributed by atoms with Gasteiger partial charge in [0.05, 0.1) is 6.26 Å². The molecule has 4 amide bonds. The van der Waals surface area contributed by atoms with Crippen LogP contribution >= 0.6 is 11.8 Å². The van der Waals surface area contributed by atoms with Gasteiger partial charge in [0.1, 0.15) is 6.04 Å². The van der Waals surface area contributed by atoms with Crippen LogP contribution < -0.4 is 16.0 Å². The van der Waals surface area contributed by atoms with Gasteiger partial charge in [-0.25, -0.2) is 9.59 Å². The van der Waals surface area contributed by atoms with E-state index < -0.39 is 36.0 Å². The fourth-order valence-electron chi connectivity index (χ4n) is 3.11. The summed E-state index contributed by atoms with van der Waals surface area (Å²) in [4.78, 5) is 48.9. The number of hydrogen-bond acceptors (Lipinski definition) is 7. The van der Waals surface area contributed by atoms with Gasteiger partial charge in [0.15, 0.2) is 11.9 Å². The number of nitrogens with one attached hydrogen (secondary N) is 3. The number of thioether (sulfide) groups is 1. The zero-order valence-corrected chi connectivity index (χ0v) is 18.1. The second-order valence-electron chi connectivity index (χ2n) is 7.16. The smallest absolute Gasteiger partial charge is 0.329 e. The van der Waals surface area contributed by atoms with Crippen LogP contribution in [0.5, 0.6) is 0 Å². The van der Waals surface area contributed by atoms with E-state index in [0.717, 1.165) is 32.1 Å². The lowest BCUT2D eigenvalue weighted by molar-refractivity contribution is -0.156. The highest BCUT2D eigenvalue weighted by atomic mass is 32.2. The number of carbonyl (C=O) groups excluding carboxylic acids is 4. The van der Waals surface area contributed by atoms with Crippen LogP contribution in [0.3, 0.4) is 0 Å². The Kier molecular flexibility index (Phi) is 9.72. The number of furan rings is 1. The highest BCUT2D eigenvalue weighted by Crippen LogP contribution is 2.17. The van der Waals surface area contributed by atoms with Crippen molar-refractivity contribution in [3.8, 4) is 0 Å². The van der Waals surface area contributed by atoms with Crippen LogP contribution in [0.4, 0.5) is 4.79 Å². The van der Waals surface area contributed by atoms with Gasteiger partial charge in [-0.1, -0.05) is 19.3 Å². The Morgan fingerprint density at radius 2 is 1.97 bits per heavy atom. The summed E-state index contributed by atoms with van der Waals surface area (Å²) >= 11 is 1.51. The lowest BCUT2D eigenvalue weighted by Gasteiger charge is -2.23. The lowest BCUT2D eigenvalue weighted by Crippen LogP contribution is -2.49. The van der Waals surface area contributed by atoms with Gasteiger partial charge in [-0.15, -0.1) is 0 Å². The molecule has 0 radical (unpaired) electrons. The molecule has 0 saturated heterocycles. The SMILES string of the molecule is CSCC[C@H](NC(=O)c1ccco1)C(=O)O[C@@H](C)C(=O)NC(=O)NC1CCCCC1. The van der Waals surface area contributed by atoms with E-state index in [1.54, 1.807) is 6.07 Å². The number of rotatable bonds is 9. The van der Waals surface area contributed by atoms with Crippen LogP contribution in [0.1, 0.15) is 56.0 Å². The fraction of sp³-hybridized carbons (Fsp3) is 0.600. The summed E-state index contributed by atoms with van der Waals surface area (Å²) < 4.78 is 10.2. The summed E-state index contributed by atoms with van der Waals surface area (Å²) in [5, 5.41) is 7.54. The van der Waals surface area contributed by atoms with Crippen molar-refractivity contribution >= 4 is 35.6 Å². The largest absolute Gasteiger partial charge is 0.459 e. The molecule has 0 aliphatic heterocycles. The first-order valence-electron chi connectivity index (χ1n) is 10.1. The minimum absolute atomic E-state index is 0.0529. The van der Waals surface area contributed by atoms with Crippen molar-refractivity contribution in [3.05, 3.63) is 24.2 Å². The molecule has 1 saturated carbocycles. The summed E-state index contributed by atoms with van der Waals surface area (Å²) in [5.41, 5.74) is 0. The molecule has 0 aromatic carbocycles. The molecule has 0 bridgehead atoms. The van der Waals surface area contributed by atoms with E-state index in [2.05, 4.69) is 16.0 Å². The van der Waals surface area contributed by atoms with E-state index in [-0.39, 0.29) is 11.8 Å². The molecule has 1 aliphatic carbocycles. The fourth-order valence-corrected chi connectivity index (χ4v) is 3.59. The molecule has 1 heterocycles. The Morgan fingerprint density at radius 1 is 1.23 bits per heavy atom. The van der Waals surface area contributed by atoms with Crippen LogP contribution in [0, 0.1) is 0 Å². The molecule has 9 nitrogen and oxygen atoms in total. The quantitative estimate of drug-likeness (QED) is 0.504. The summed E-state index contributed by atoms with van der Waals surface area (Å²) in [7, 11) is 0. The van der Waals surface area contributed by atoms with E-state index >= 15 is 0 Å². The average molecular weight is 440 g/mol. The molecule has 10 heteroatoms. The topological polar surface area (TPSA) is 127 Å². The van der Waals surface area contributed by atoms with Gasteiger partial charge in [0.2, 0.25) is 0 Å². The maximum atomic E-state index is 12.5. The monoisotopic (exact) mass is 439 g/mol. The predicted molar refractivity (Wildman–Crippen MR) is 112 cm³/mol. The second kappa shape index (κ2) is 12.3. The van der Waals surface area contributed by atoms with Gasteiger partial charge in [-0.05, 0) is 50.3 Å². The maximum Gasteiger partial charge on any atom is 0.329 e. The van der Waals surface area contributed by atoms with E-state index in [1.165, 1.54) is 31.0 Å². The highest BCUT2D eigenvalue weighted by molar-refractivity contribution is 7.98. The van der Waals surface area contributed by atoms with Crippen molar-refractivity contribution in [2.24, 2.45) is 0 Å². The molecule has 3 N–H and O–H groups in total. The van der Waals surface area contributed by atoms with Gasteiger partial charge < -0.3 is 19.8 Å². The second-order valence-corrected chi connectivity index (χ2v) is 8.15. The molecule has 1 fully saturated rings. The Hall–Kier alpha value is -2.49. The van der Waals surface area contributed by atoms with Crippen molar-refractivity contribution in [1.29, 1.82) is 0 Å². The molecule has 2 rings (SSSR count). The van der Waals surface area contributed by atoms with Crippen LogP contribution in [0.25, 0.3) is 0 Å². The maximum absolute atomic E-state index is 12.5. The Labute approximate surface area is 180 Å². The van der Waals surface area contributed by atoms with Crippen molar-refractivity contribution in [2.45, 2.75) is 63.6 Å². The summed E-state index contributed by atoms with van der Waals surface area (Å²) in [6.45, 7) is 1.38. The number of imide groups is 1. The molecule has 30 heavy (non-hydrogen) atoms. The van der Waals surface area contributed by atoms with Gasteiger partial charge >= 0.3 is 12.0 Å². The Morgan fingerprint density at radius 3 is 2.60 bits per heavy atom. The zero-order chi connectivity index (χ0) is 21.9. The predicted octanol–water partition coefficient (Wildman–Crippen LogP) is 2.22. The van der Waals surface area contributed by atoms with Gasteiger partial charge in [-0.2, -0.15) is 11.8 Å². The molecule has 166 valence electrons. The number of amides is 4. The van der Waals surface area contributed by atoms with E-state index in [4.69, 9.17) is 9.15 Å². The van der Waals surface area contributed by atoms with E-state index in [0.29, 0.717) is 12.2 Å². The molecule has 0 spiro atoms. The molecule has 2 atom stereocenters. The number of hydrogen-bond donors (Lipinski definition) is 3. The first kappa shape index (κ1) is 23.8. The van der Waals surface area contributed by atoms with E-state index in [9.17, 15) is 19.2 Å². The first-order valence-corrected chi connectivity index (χ1v) is 11.4. The number of urea groups is 1. The van der Waals surface area contributed by atoms with Crippen molar-refractivity contribution in [1.82, 2.24) is 16.0 Å². The summed E-state index contributed by atoms with van der Waals surface area (Å²) in [5.74, 6) is -1.35. The minimum atomic E-state index is -1.19. The van der Waals surface area contributed by atoms with Gasteiger partial charge in [-0.3, -0.25) is 14.9 Å². The molecule has 1 aromatic heterocycles. The standard InChI is InChI=1S/C20H29N3O6S/c1-13(17(24)23-20(27)21-14-7-4-3-5-8-14)29-19(26)15(10-12-30-2)22-18(25)16-9-6-11-28-16/h6,9,11,13-15H,3-5,7-8,10,12H2,1-2H3,(H,22,25)(H2,21,23,24,27)/t13-,15-/m0/s1. The summed E-state index contributed by atoms with van der Waals surface area (Å²) in [6, 6.07) is 1.56. The van der Waals surface area contributed by atoms with Gasteiger partial charge in [0.25, 0.3) is 11.8 Å². The number of esters is 1. The average Bonchev–Trinajstić information content (AvgIpc) is 3.26. The normalized spacial score (nSPS) is 16.2. The number of ether oxygens (including phenoxy) is 1. The molecule has 1 aromatic rings. The first-order chi connectivity index (χ1) is 14.4. The molecule has 0 unspecified atom stereocenters. The molecular formula is C20H29N3O6S. The Bertz CT molecular complexity index is 718. The minimum Gasteiger partial charge on any atom is -0.459 e. The van der Waals surface area contributed by atoms with Crippen LogP contribution in [0.2, 0.25) is 0 Å². The Balaban J connectivity index is 1.85.